The molecule has 15 heavy (non-hydrogen) atoms. The zero-order chi connectivity index (χ0) is 10.2. The lowest BCUT2D eigenvalue weighted by molar-refractivity contribution is -0.140. The molecule has 1 aromatic rings. The van der Waals surface area contributed by atoms with Crippen LogP contribution in [0.2, 0.25) is 0 Å². The Kier molecular flexibility index (Phi) is 7.10. The molecule has 3 nitrogen and oxygen atoms in total. The van der Waals surface area contributed by atoms with Gasteiger partial charge in [-0.05, 0) is 12.1 Å². The molecular formula is C11H14ClNO2. The van der Waals surface area contributed by atoms with Crippen molar-refractivity contribution in [2.24, 2.45) is 0 Å². The Labute approximate surface area is 95.5 Å². The van der Waals surface area contributed by atoms with E-state index in [0.29, 0.717) is 0 Å². The van der Waals surface area contributed by atoms with Gasteiger partial charge in [-0.25, -0.2) is 0 Å². The summed E-state index contributed by atoms with van der Waals surface area (Å²) in [6.45, 7) is 3.89. The highest BCUT2D eigenvalue weighted by Gasteiger charge is 1.99. The van der Waals surface area contributed by atoms with Crippen LogP contribution in [0, 0.1) is 0 Å². The summed E-state index contributed by atoms with van der Waals surface area (Å²) in [5.74, 6) is -0.284. The van der Waals surface area contributed by atoms with E-state index < -0.39 is 0 Å². The van der Waals surface area contributed by atoms with Crippen LogP contribution >= 0.6 is 12.4 Å². The number of ether oxygens (including phenoxy) is 1. The number of halogens is 1. The highest BCUT2D eigenvalue weighted by atomic mass is 35.5. The van der Waals surface area contributed by atoms with Crippen LogP contribution in [0.15, 0.2) is 43.0 Å². The van der Waals surface area contributed by atoms with Crippen molar-refractivity contribution in [2.45, 2.75) is 0 Å². The minimum Gasteiger partial charge on any atom is -0.460 e. The first-order chi connectivity index (χ1) is 6.83. The van der Waals surface area contributed by atoms with Gasteiger partial charge in [0.1, 0.15) is 13.2 Å². The average molecular weight is 228 g/mol. The molecule has 0 aliphatic heterocycles. The summed E-state index contributed by atoms with van der Waals surface area (Å²) in [6.07, 6.45) is 1.54. The zero-order valence-electron chi connectivity index (χ0n) is 8.31. The number of rotatable bonds is 5. The molecule has 0 heterocycles. The van der Waals surface area contributed by atoms with Gasteiger partial charge in [0.05, 0.1) is 0 Å². The quantitative estimate of drug-likeness (QED) is 0.620. The highest BCUT2D eigenvalue weighted by Crippen LogP contribution is 2.03. The summed E-state index contributed by atoms with van der Waals surface area (Å²) in [4.78, 5) is 11.0. The van der Waals surface area contributed by atoms with E-state index in [4.69, 9.17) is 4.74 Å². The third-order valence-corrected chi connectivity index (χ3v) is 1.57. The number of anilines is 1. The van der Waals surface area contributed by atoms with Crippen LogP contribution in [-0.4, -0.2) is 19.1 Å². The number of carbonyl (C=O) groups is 1. The predicted molar refractivity (Wildman–Crippen MR) is 63.3 cm³/mol. The highest BCUT2D eigenvalue weighted by molar-refractivity contribution is 5.85. The van der Waals surface area contributed by atoms with Crippen molar-refractivity contribution >= 4 is 24.1 Å². The first kappa shape index (κ1) is 13.5. The minimum atomic E-state index is -0.284. The maximum absolute atomic E-state index is 11.0. The number of hydrogen-bond acceptors (Lipinski definition) is 3. The molecule has 0 saturated heterocycles. The molecule has 0 amide bonds. The van der Waals surface area contributed by atoms with E-state index in [9.17, 15) is 4.79 Å². The molecule has 0 aliphatic carbocycles. The van der Waals surface area contributed by atoms with Crippen molar-refractivity contribution in [3.8, 4) is 0 Å². The van der Waals surface area contributed by atoms with Gasteiger partial charge in [0.25, 0.3) is 0 Å². The van der Waals surface area contributed by atoms with E-state index in [2.05, 4.69) is 11.9 Å². The lowest BCUT2D eigenvalue weighted by Gasteiger charge is -2.05. The number of para-hydroxylation sites is 1. The molecular weight excluding hydrogens is 214 g/mol. The van der Waals surface area contributed by atoms with Crippen LogP contribution in [0.4, 0.5) is 5.69 Å². The summed E-state index contributed by atoms with van der Waals surface area (Å²) in [5.41, 5.74) is 0.906. The van der Waals surface area contributed by atoms with E-state index >= 15 is 0 Å². The molecule has 1 rings (SSSR count). The SMILES string of the molecule is C=CCOC(=O)CNc1ccccc1.Cl. The molecule has 0 bridgehead atoms. The van der Waals surface area contributed by atoms with Gasteiger partial charge < -0.3 is 10.1 Å². The normalized spacial score (nSPS) is 8.53. The molecule has 0 unspecified atom stereocenters. The third-order valence-electron chi connectivity index (χ3n) is 1.57. The number of nitrogens with one attached hydrogen (secondary N) is 1. The first-order valence-electron chi connectivity index (χ1n) is 4.38. The number of carbonyl (C=O) groups excluding carboxylic acids is 1. The smallest absolute Gasteiger partial charge is 0.325 e. The van der Waals surface area contributed by atoms with Gasteiger partial charge in [-0.3, -0.25) is 4.79 Å². The van der Waals surface area contributed by atoms with E-state index in [1.54, 1.807) is 6.08 Å². The zero-order valence-corrected chi connectivity index (χ0v) is 9.13. The standard InChI is InChI=1S/C11H13NO2.ClH/c1-2-8-14-11(13)9-12-10-6-4-3-5-7-10;/h2-7,12H,1,8-9H2;1H. The second-order valence-electron chi connectivity index (χ2n) is 2.69. The third kappa shape index (κ3) is 5.75. The van der Waals surface area contributed by atoms with E-state index in [1.165, 1.54) is 0 Å². The molecule has 1 N–H and O–H groups in total. The summed E-state index contributed by atoms with van der Waals surface area (Å²) in [6, 6.07) is 9.50. The van der Waals surface area contributed by atoms with Gasteiger partial charge in [-0.1, -0.05) is 30.9 Å². The van der Waals surface area contributed by atoms with Crippen LogP contribution in [-0.2, 0) is 9.53 Å². The van der Waals surface area contributed by atoms with Gasteiger partial charge >= 0.3 is 5.97 Å². The Morgan fingerprint density at radius 2 is 2.07 bits per heavy atom. The Balaban J connectivity index is 0.00000196. The largest absolute Gasteiger partial charge is 0.460 e. The summed E-state index contributed by atoms with van der Waals surface area (Å²) in [7, 11) is 0. The average Bonchev–Trinajstić information content (AvgIpc) is 2.25. The summed E-state index contributed by atoms with van der Waals surface area (Å²) >= 11 is 0. The maximum Gasteiger partial charge on any atom is 0.325 e. The van der Waals surface area contributed by atoms with Crippen LogP contribution < -0.4 is 5.32 Å². The number of benzene rings is 1. The molecule has 1 aromatic carbocycles. The molecule has 0 saturated carbocycles. The summed E-state index contributed by atoms with van der Waals surface area (Å²) in [5, 5.41) is 2.94. The first-order valence-corrected chi connectivity index (χ1v) is 4.38. The second-order valence-corrected chi connectivity index (χ2v) is 2.69. The van der Waals surface area contributed by atoms with Crippen molar-refractivity contribution < 1.29 is 9.53 Å². The van der Waals surface area contributed by atoms with Gasteiger partial charge in [0.15, 0.2) is 0 Å². The topological polar surface area (TPSA) is 38.3 Å². The monoisotopic (exact) mass is 227 g/mol. The second kappa shape index (κ2) is 7.88. The molecule has 0 aliphatic rings. The van der Waals surface area contributed by atoms with E-state index in [1.807, 2.05) is 30.3 Å². The lowest BCUT2D eigenvalue weighted by atomic mass is 10.3. The van der Waals surface area contributed by atoms with E-state index in [-0.39, 0.29) is 31.5 Å². The molecule has 0 fully saturated rings. The van der Waals surface area contributed by atoms with Crippen LogP contribution in [0.5, 0.6) is 0 Å². The Bertz CT molecular complexity index is 301. The van der Waals surface area contributed by atoms with Crippen LogP contribution in [0.25, 0.3) is 0 Å². The van der Waals surface area contributed by atoms with E-state index in [0.717, 1.165) is 5.69 Å². The Hall–Kier alpha value is -1.48. The maximum atomic E-state index is 11.0. The van der Waals surface area contributed by atoms with Crippen LogP contribution in [0.3, 0.4) is 0 Å². The number of esters is 1. The van der Waals surface area contributed by atoms with Crippen molar-refractivity contribution in [1.29, 1.82) is 0 Å². The molecule has 0 radical (unpaired) electrons. The number of hydrogen-bond donors (Lipinski definition) is 1. The predicted octanol–water partition coefficient (Wildman–Crippen LogP) is 2.25. The van der Waals surface area contributed by atoms with Crippen molar-refractivity contribution in [2.75, 3.05) is 18.5 Å². The Morgan fingerprint density at radius 3 is 2.67 bits per heavy atom. The molecule has 0 spiro atoms. The fraction of sp³-hybridized carbons (Fsp3) is 0.182. The van der Waals surface area contributed by atoms with Crippen molar-refractivity contribution in [3.63, 3.8) is 0 Å². The molecule has 0 atom stereocenters. The lowest BCUT2D eigenvalue weighted by Crippen LogP contribution is -2.16. The molecule has 0 aromatic heterocycles. The van der Waals surface area contributed by atoms with Crippen LogP contribution in [0.1, 0.15) is 0 Å². The van der Waals surface area contributed by atoms with Gasteiger partial charge in [-0.15, -0.1) is 12.4 Å². The van der Waals surface area contributed by atoms with Gasteiger partial charge in [0, 0.05) is 5.69 Å². The van der Waals surface area contributed by atoms with Crippen molar-refractivity contribution in [1.82, 2.24) is 0 Å². The van der Waals surface area contributed by atoms with Crippen molar-refractivity contribution in [3.05, 3.63) is 43.0 Å². The minimum absolute atomic E-state index is 0. The summed E-state index contributed by atoms with van der Waals surface area (Å²) < 4.78 is 4.79. The fourth-order valence-electron chi connectivity index (χ4n) is 0.933. The van der Waals surface area contributed by atoms with Gasteiger partial charge in [0.2, 0.25) is 0 Å². The Morgan fingerprint density at radius 1 is 1.40 bits per heavy atom. The van der Waals surface area contributed by atoms with Gasteiger partial charge in [-0.2, -0.15) is 0 Å². The molecule has 4 heteroatoms. The molecule has 82 valence electrons. The fourth-order valence-corrected chi connectivity index (χ4v) is 0.933.